The van der Waals surface area contributed by atoms with Crippen molar-refractivity contribution < 1.29 is 9.53 Å². The Bertz CT molecular complexity index is 560. The molecule has 1 saturated heterocycles. The number of carbonyl (C=O) groups excluding carboxylic acids is 1. The van der Waals surface area contributed by atoms with Gasteiger partial charge >= 0.3 is 0 Å². The lowest BCUT2D eigenvalue weighted by molar-refractivity contribution is -0.125. The van der Waals surface area contributed by atoms with E-state index in [4.69, 9.17) is 4.74 Å². The quantitative estimate of drug-likeness (QED) is 0.821. The third-order valence-corrected chi connectivity index (χ3v) is 5.97. The predicted octanol–water partition coefficient (Wildman–Crippen LogP) is 3.63. The number of rotatable bonds is 7. The number of nitrogens with zero attached hydrogens (tertiary/aromatic N) is 1. The van der Waals surface area contributed by atoms with Gasteiger partial charge in [0, 0.05) is 12.5 Å². The van der Waals surface area contributed by atoms with Gasteiger partial charge in [-0.15, -0.1) is 0 Å². The molecule has 1 aromatic rings. The highest BCUT2D eigenvalue weighted by Gasteiger charge is 2.33. The number of methoxy groups -OCH3 is 1. The lowest BCUT2D eigenvalue weighted by Gasteiger charge is -2.37. The van der Waals surface area contributed by atoms with Crippen LogP contribution in [0.25, 0.3) is 0 Å². The molecule has 2 fully saturated rings. The molecule has 1 saturated carbocycles. The van der Waals surface area contributed by atoms with Gasteiger partial charge in [-0.1, -0.05) is 26.0 Å². The highest BCUT2D eigenvalue weighted by molar-refractivity contribution is 5.78. The average Bonchev–Trinajstić information content (AvgIpc) is 3.48. The van der Waals surface area contributed by atoms with E-state index in [-0.39, 0.29) is 17.9 Å². The Kier molecular flexibility index (Phi) is 6.00. The molecule has 1 amide bonds. The number of hydrogen-bond acceptors (Lipinski definition) is 3. The van der Waals surface area contributed by atoms with E-state index < -0.39 is 0 Å². The minimum atomic E-state index is 0.151. The summed E-state index contributed by atoms with van der Waals surface area (Å²) in [6.45, 7) is 7.30. The Labute approximate surface area is 151 Å². The van der Waals surface area contributed by atoms with Crippen LogP contribution >= 0.6 is 0 Å². The largest absolute Gasteiger partial charge is 0.497 e. The van der Waals surface area contributed by atoms with Gasteiger partial charge < -0.3 is 10.1 Å². The molecular formula is C21H32N2O2. The van der Waals surface area contributed by atoms with E-state index in [2.05, 4.69) is 36.2 Å². The zero-order chi connectivity index (χ0) is 17.8. The van der Waals surface area contributed by atoms with Crippen molar-refractivity contribution in [2.45, 2.75) is 45.6 Å². The minimum Gasteiger partial charge on any atom is -0.497 e. The second kappa shape index (κ2) is 8.22. The number of carbonyl (C=O) groups is 1. The zero-order valence-corrected chi connectivity index (χ0v) is 15.8. The third-order valence-electron chi connectivity index (χ3n) is 5.97. The van der Waals surface area contributed by atoms with Crippen molar-refractivity contribution >= 4 is 5.91 Å². The van der Waals surface area contributed by atoms with E-state index in [1.54, 1.807) is 7.11 Å². The highest BCUT2D eigenvalue weighted by atomic mass is 16.5. The van der Waals surface area contributed by atoms with Crippen LogP contribution in [0.4, 0.5) is 0 Å². The van der Waals surface area contributed by atoms with Crippen molar-refractivity contribution in [3.63, 3.8) is 0 Å². The van der Waals surface area contributed by atoms with Gasteiger partial charge in [0.25, 0.3) is 0 Å². The fraction of sp³-hybridized carbons (Fsp3) is 0.667. The van der Waals surface area contributed by atoms with Crippen molar-refractivity contribution in [1.82, 2.24) is 10.2 Å². The van der Waals surface area contributed by atoms with Gasteiger partial charge in [0.15, 0.2) is 0 Å². The molecule has 1 aromatic carbocycles. The number of piperidine rings is 1. The number of likely N-dealkylation sites (tertiary alicyclic amines) is 1. The molecule has 25 heavy (non-hydrogen) atoms. The molecule has 4 heteroatoms. The third kappa shape index (κ3) is 4.75. The first kappa shape index (κ1) is 18.2. The van der Waals surface area contributed by atoms with Gasteiger partial charge in [0.2, 0.25) is 5.91 Å². The second-order valence-corrected chi connectivity index (χ2v) is 7.88. The SMILES string of the molecule is COc1ccc(C(CNC(=O)C(C)C2CC2)N2CCC(C)CC2)cc1. The molecule has 3 rings (SSSR count). The molecule has 1 N–H and O–H groups in total. The standard InChI is InChI=1S/C21H32N2O2/c1-15-10-12-23(13-11-15)20(18-6-8-19(25-3)9-7-18)14-22-21(24)16(2)17-4-5-17/h6-9,15-17,20H,4-5,10-14H2,1-3H3,(H,22,24). The number of nitrogens with one attached hydrogen (secondary N) is 1. The van der Waals surface area contributed by atoms with Gasteiger partial charge in [0.1, 0.15) is 5.75 Å². The summed E-state index contributed by atoms with van der Waals surface area (Å²) in [7, 11) is 1.69. The lowest BCUT2D eigenvalue weighted by Crippen LogP contribution is -2.43. The maximum atomic E-state index is 12.4. The molecule has 1 aliphatic heterocycles. The lowest BCUT2D eigenvalue weighted by atomic mass is 9.95. The van der Waals surface area contributed by atoms with Crippen LogP contribution in [0.5, 0.6) is 5.75 Å². The molecule has 4 nitrogen and oxygen atoms in total. The monoisotopic (exact) mass is 344 g/mol. The summed E-state index contributed by atoms with van der Waals surface area (Å²) >= 11 is 0. The normalized spacial score (nSPS) is 21.6. The summed E-state index contributed by atoms with van der Waals surface area (Å²) in [6, 6.07) is 8.55. The van der Waals surface area contributed by atoms with Crippen LogP contribution in [0.15, 0.2) is 24.3 Å². The Morgan fingerprint density at radius 2 is 1.84 bits per heavy atom. The van der Waals surface area contributed by atoms with E-state index in [0.717, 1.165) is 24.8 Å². The predicted molar refractivity (Wildman–Crippen MR) is 101 cm³/mol. The van der Waals surface area contributed by atoms with E-state index in [9.17, 15) is 4.79 Å². The first-order valence-corrected chi connectivity index (χ1v) is 9.74. The van der Waals surface area contributed by atoms with Crippen molar-refractivity contribution in [3.05, 3.63) is 29.8 Å². The molecule has 1 aliphatic carbocycles. The van der Waals surface area contributed by atoms with Crippen LogP contribution in [0.2, 0.25) is 0 Å². The summed E-state index contributed by atoms with van der Waals surface area (Å²) in [5.41, 5.74) is 1.26. The Balaban J connectivity index is 1.67. The van der Waals surface area contributed by atoms with Gasteiger partial charge in [0.05, 0.1) is 13.2 Å². The van der Waals surface area contributed by atoms with Crippen LogP contribution in [-0.4, -0.2) is 37.6 Å². The smallest absolute Gasteiger partial charge is 0.223 e. The maximum Gasteiger partial charge on any atom is 0.223 e. The summed E-state index contributed by atoms with van der Waals surface area (Å²) in [5, 5.41) is 3.23. The second-order valence-electron chi connectivity index (χ2n) is 7.88. The first-order valence-electron chi connectivity index (χ1n) is 9.74. The van der Waals surface area contributed by atoms with Crippen LogP contribution in [0.1, 0.15) is 51.1 Å². The van der Waals surface area contributed by atoms with Crippen LogP contribution in [0, 0.1) is 17.8 Å². The van der Waals surface area contributed by atoms with Gasteiger partial charge in [-0.25, -0.2) is 0 Å². The summed E-state index contributed by atoms with van der Waals surface area (Å²) in [5.74, 6) is 2.65. The summed E-state index contributed by atoms with van der Waals surface area (Å²) in [4.78, 5) is 15.0. The van der Waals surface area contributed by atoms with E-state index >= 15 is 0 Å². The number of hydrogen-bond donors (Lipinski definition) is 1. The molecule has 0 bridgehead atoms. The molecular weight excluding hydrogens is 312 g/mol. The fourth-order valence-electron chi connectivity index (χ4n) is 3.79. The van der Waals surface area contributed by atoms with Crippen LogP contribution < -0.4 is 10.1 Å². The highest BCUT2D eigenvalue weighted by Crippen LogP contribution is 2.36. The van der Waals surface area contributed by atoms with E-state index in [0.29, 0.717) is 12.5 Å². The number of ether oxygens (including phenoxy) is 1. The van der Waals surface area contributed by atoms with Crippen LogP contribution in [-0.2, 0) is 4.79 Å². The van der Waals surface area contributed by atoms with Crippen molar-refractivity contribution in [2.75, 3.05) is 26.7 Å². The van der Waals surface area contributed by atoms with E-state index in [1.165, 1.54) is 31.2 Å². The first-order chi connectivity index (χ1) is 12.1. The van der Waals surface area contributed by atoms with Crippen molar-refractivity contribution in [3.8, 4) is 5.75 Å². The summed E-state index contributed by atoms with van der Waals surface area (Å²) in [6.07, 6.45) is 4.89. The molecule has 0 radical (unpaired) electrons. The van der Waals surface area contributed by atoms with Gasteiger partial charge in [-0.05, 0) is 68.3 Å². The molecule has 0 spiro atoms. The average molecular weight is 344 g/mol. The minimum absolute atomic E-state index is 0.151. The van der Waals surface area contributed by atoms with Crippen LogP contribution in [0.3, 0.4) is 0 Å². The maximum absolute atomic E-state index is 12.4. The topological polar surface area (TPSA) is 41.6 Å². The van der Waals surface area contributed by atoms with Crippen molar-refractivity contribution in [2.24, 2.45) is 17.8 Å². The molecule has 1 heterocycles. The number of amides is 1. The fourth-order valence-corrected chi connectivity index (χ4v) is 3.79. The number of benzene rings is 1. The van der Waals surface area contributed by atoms with Gasteiger partial charge in [-0.2, -0.15) is 0 Å². The Hall–Kier alpha value is -1.55. The van der Waals surface area contributed by atoms with Gasteiger partial charge in [-0.3, -0.25) is 9.69 Å². The van der Waals surface area contributed by atoms with Crippen molar-refractivity contribution in [1.29, 1.82) is 0 Å². The Morgan fingerprint density at radius 3 is 2.40 bits per heavy atom. The van der Waals surface area contributed by atoms with E-state index in [1.807, 2.05) is 12.1 Å². The molecule has 2 atom stereocenters. The molecule has 2 aliphatic rings. The molecule has 0 aromatic heterocycles. The zero-order valence-electron chi connectivity index (χ0n) is 15.8. The summed E-state index contributed by atoms with van der Waals surface area (Å²) < 4.78 is 5.29. The molecule has 138 valence electrons. The Morgan fingerprint density at radius 1 is 1.20 bits per heavy atom. The molecule has 2 unspecified atom stereocenters.